The molecule has 0 saturated carbocycles. The molecule has 0 aliphatic rings. The molecule has 0 saturated heterocycles. The molecular weight excluding hydrogens is 271 g/mol. The second-order valence-electron chi connectivity index (χ2n) is 6.73. The van der Waals surface area contributed by atoms with Gasteiger partial charge in [0.15, 0.2) is 0 Å². The first-order valence-corrected chi connectivity index (χ1v) is 12.0. The van der Waals surface area contributed by atoms with E-state index < -0.39 is 0 Å². The van der Waals surface area contributed by atoms with Gasteiger partial charge in [-0.05, 0) is 37.7 Å². The van der Waals surface area contributed by atoms with Crippen molar-refractivity contribution < 1.29 is 0 Å². The lowest BCUT2D eigenvalue weighted by molar-refractivity contribution is 0.650. The first-order valence-electron chi connectivity index (χ1n) is 10.1. The SMILES string of the molecule is CCCCCCCP(CCCCCC)CCCCCCC. The molecule has 0 N–H and O–H groups in total. The van der Waals surface area contributed by atoms with Crippen LogP contribution in [0.1, 0.15) is 111 Å². The molecule has 0 aliphatic carbocycles. The van der Waals surface area contributed by atoms with Gasteiger partial charge in [0, 0.05) is 0 Å². The van der Waals surface area contributed by atoms with Gasteiger partial charge in [-0.15, -0.1) is 7.92 Å². The van der Waals surface area contributed by atoms with Crippen LogP contribution >= 0.6 is 7.92 Å². The Labute approximate surface area is 137 Å². The topological polar surface area (TPSA) is 0 Å². The van der Waals surface area contributed by atoms with E-state index >= 15 is 0 Å². The maximum absolute atomic E-state index is 2.32. The Bertz CT molecular complexity index is 165. The van der Waals surface area contributed by atoms with Gasteiger partial charge >= 0.3 is 0 Å². The zero-order valence-electron chi connectivity index (χ0n) is 15.5. The molecule has 128 valence electrons. The predicted molar refractivity (Wildman–Crippen MR) is 103 cm³/mol. The van der Waals surface area contributed by atoms with E-state index in [1.165, 1.54) is 89.9 Å². The maximum atomic E-state index is 2.32. The highest BCUT2D eigenvalue weighted by Gasteiger charge is 2.07. The molecule has 0 atom stereocenters. The first kappa shape index (κ1) is 21.4. The summed E-state index contributed by atoms with van der Waals surface area (Å²) in [4.78, 5) is 0. The molecular formula is C20H43P. The Kier molecular flexibility index (Phi) is 18.9. The summed E-state index contributed by atoms with van der Waals surface area (Å²) in [7, 11) is 0.381. The highest BCUT2D eigenvalue weighted by Crippen LogP contribution is 2.39. The van der Waals surface area contributed by atoms with Gasteiger partial charge in [0.25, 0.3) is 0 Å². The van der Waals surface area contributed by atoms with Gasteiger partial charge in [-0.2, -0.15) is 0 Å². The van der Waals surface area contributed by atoms with E-state index in [1.54, 1.807) is 18.5 Å². The van der Waals surface area contributed by atoms with E-state index in [2.05, 4.69) is 20.8 Å². The van der Waals surface area contributed by atoms with Crippen LogP contribution in [-0.4, -0.2) is 18.5 Å². The molecule has 0 rings (SSSR count). The fourth-order valence-corrected chi connectivity index (χ4v) is 5.66. The van der Waals surface area contributed by atoms with E-state index in [-0.39, 0.29) is 0 Å². The lowest BCUT2D eigenvalue weighted by Crippen LogP contribution is -1.97. The van der Waals surface area contributed by atoms with Crippen molar-refractivity contribution in [2.45, 2.75) is 111 Å². The minimum atomic E-state index is 0.381. The summed E-state index contributed by atoms with van der Waals surface area (Å²) < 4.78 is 0. The van der Waals surface area contributed by atoms with E-state index in [0.717, 1.165) is 0 Å². The standard InChI is InChI=1S/C20H43P/c1-4-7-10-13-16-19-21(18-15-12-9-6-3)20-17-14-11-8-5-2/h4-20H2,1-3H3. The molecule has 1 heteroatoms. The molecule has 0 bridgehead atoms. The average Bonchev–Trinajstić information content (AvgIpc) is 2.50. The zero-order chi connectivity index (χ0) is 15.6. The quantitative estimate of drug-likeness (QED) is 0.188. The molecule has 0 nitrogen and oxygen atoms in total. The second kappa shape index (κ2) is 18.5. The van der Waals surface area contributed by atoms with E-state index in [4.69, 9.17) is 0 Å². The van der Waals surface area contributed by atoms with Gasteiger partial charge in [0.2, 0.25) is 0 Å². The zero-order valence-corrected chi connectivity index (χ0v) is 16.4. The van der Waals surface area contributed by atoms with Gasteiger partial charge < -0.3 is 0 Å². The molecule has 0 heterocycles. The molecule has 21 heavy (non-hydrogen) atoms. The van der Waals surface area contributed by atoms with Crippen molar-refractivity contribution in [1.82, 2.24) is 0 Å². The maximum Gasteiger partial charge on any atom is -0.0326 e. The minimum Gasteiger partial charge on any atom is -0.107 e. The molecule has 0 amide bonds. The number of hydrogen-bond acceptors (Lipinski definition) is 0. The van der Waals surface area contributed by atoms with Crippen molar-refractivity contribution in [1.29, 1.82) is 0 Å². The van der Waals surface area contributed by atoms with Crippen LogP contribution in [0.15, 0.2) is 0 Å². The van der Waals surface area contributed by atoms with Crippen LogP contribution in [0.4, 0.5) is 0 Å². The number of rotatable bonds is 17. The molecule has 0 aromatic heterocycles. The van der Waals surface area contributed by atoms with Crippen LogP contribution < -0.4 is 0 Å². The fraction of sp³-hybridized carbons (Fsp3) is 1.00. The highest BCUT2D eigenvalue weighted by molar-refractivity contribution is 7.57. The largest absolute Gasteiger partial charge is 0.107 e. The smallest absolute Gasteiger partial charge is 0.0326 e. The van der Waals surface area contributed by atoms with Gasteiger partial charge in [-0.25, -0.2) is 0 Å². The van der Waals surface area contributed by atoms with Gasteiger partial charge in [-0.3, -0.25) is 0 Å². The fourth-order valence-electron chi connectivity index (χ4n) is 2.98. The Balaban J connectivity index is 3.69. The Morgan fingerprint density at radius 2 is 0.667 bits per heavy atom. The van der Waals surface area contributed by atoms with Crippen LogP contribution in [-0.2, 0) is 0 Å². The van der Waals surface area contributed by atoms with Crippen molar-refractivity contribution in [2.75, 3.05) is 18.5 Å². The number of hydrogen-bond donors (Lipinski definition) is 0. The molecule has 0 aliphatic heterocycles. The second-order valence-corrected chi connectivity index (χ2v) is 9.41. The molecule has 0 spiro atoms. The van der Waals surface area contributed by atoms with E-state index in [1.807, 2.05) is 0 Å². The molecule has 0 aromatic rings. The number of unbranched alkanes of at least 4 members (excludes halogenated alkanes) is 11. The Morgan fingerprint density at radius 1 is 0.381 bits per heavy atom. The Morgan fingerprint density at radius 3 is 1.00 bits per heavy atom. The molecule has 0 aromatic carbocycles. The predicted octanol–water partition coefficient (Wildman–Crippen LogP) is 7.99. The van der Waals surface area contributed by atoms with Crippen molar-refractivity contribution in [3.05, 3.63) is 0 Å². The summed E-state index contributed by atoms with van der Waals surface area (Å²) in [5.74, 6) is 0. The van der Waals surface area contributed by atoms with Crippen LogP contribution in [0.3, 0.4) is 0 Å². The monoisotopic (exact) mass is 314 g/mol. The summed E-state index contributed by atoms with van der Waals surface area (Å²) in [6.07, 6.45) is 25.2. The highest BCUT2D eigenvalue weighted by atomic mass is 31.1. The lowest BCUT2D eigenvalue weighted by Gasteiger charge is -2.18. The third kappa shape index (κ3) is 16.6. The van der Waals surface area contributed by atoms with Crippen LogP contribution in [0.5, 0.6) is 0 Å². The van der Waals surface area contributed by atoms with Gasteiger partial charge in [-0.1, -0.05) is 91.4 Å². The summed E-state index contributed by atoms with van der Waals surface area (Å²) in [5.41, 5.74) is 0. The van der Waals surface area contributed by atoms with E-state index in [0.29, 0.717) is 7.92 Å². The van der Waals surface area contributed by atoms with Crippen molar-refractivity contribution >= 4 is 7.92 Å². The minimum absolute atomic E-state index is 0.381. The average molecular weight is 315 g/mol. The molecule has 0 unspecified atom stereocenters. The van der Waals surface area contributed by atoms with Crippen LogP contribution in [0, 0.1) is 0 Å². The summed E-state index contributed by atoms with van der Waals surface area (Å²) in [5, 5.41) is 0. The van der Waals surface area contributed by atoms with Crippen LogP contribution in [0.2, 0.25) is 0 Å². The van der Waals surface area contributed by atoms with Crippen molar-refractivity contribution in [2.24, 2.45) is 0 Å². The molecule has 0 fully saturated rings. The van der Waals surface area contributed by atoms with Crippen molar-refractivity contribution in [3.63, 3.8) is 0 Å². The van der Waals surface area contributed by atoms with Gasteiger partial charge in [0.05, 0.1) is 0 Å². The van der Waals surface area contributed by atoms with Crippen molar-refractivity contribution in [3.8, 4) is 0 Å². The first-order chi connectivity index (χ1) is 10.3. The summed E-state index contributed by atoms with van der Waals surface area (Å²) in [6, 6.07) is 0. The normalized spacial score (nSPS) is 11.4. The van der Waals surface area contributed by atoms with Gasteiger partial charge in [0.1, 0.15) is 0 Å². The van der Waals surface area contributed by atoms with E-state index in [9.17, 15) is 0 Å². The van der Waals surface area contributed by atoms with Crippen LogP contribution in [0.25, 0.3) is 0 Å². The Hall–Kier alpha value is 0.430. The molecule has 0 radical (unpaired) electrons. The lowest BCUT2D eigenvalue weighted by atomic mass is 10.2. The summed E-state index contributed by atoms with van der Waals surface area (Å²) >= 11 is 0. The third-order valence-electron chi connectivity index (χ3n) is 4.48. The third-order valence-corrected chi connectivity index (χ3v) is 7.33. The summed E-state index contributed by atoms with van der Waals surface area (Å²) in [6.45, 7) is 6.96.